The standard InChI is InChI=1S/C36H48N2O2/c1-5-9-25-37(26-10-6-2)31-21-17-29(18-22-31)36(34-16-14-13-15-33(34)35(39)40-36)30-19-23-32(24-20-30)38(27-11-7-3)28-12-8-4/h13-24H,5-12,25-28H2,1-4H3. The molecule has 0 aromatic heterocycles. The first kappa shape index (κ1) is 29.7. The lowest BCUT2D eigenvalue weighted by atomic mass is 9.80. The van der Waals surface area contributed by atoms with E-state index in [0.29, 0.717) is 5.56 Å². The Kier molecular flexibility index (Phi) is 10.7. The van der Waals surface area contributed by atoms with Crippen LogP contribution in [-0.2, 0) is 10.3 Å². The van der Waals surface area contributed by atoms with Crippen molar-refractivity contribution in [3.8, 4) is 0 Å². The van der Waals surface area contributed by atoms with Gasteiger partial charge in [-0.2, -0.15) is 0 Å². The Hall–Kier alpha value is -3.27. The Balaban J connectivity index is 1.74. The van der Waals surface area contributed by atoms with Crippen LogP contribution in [0.5, 0.6) is 0 Å². The summed E-state index contributed by atoms with van der Waals surface area (Å²) in [5, 5.41) is 0. The molecule has 0 amide bonds. The molecule has 0 bridgehead atoms. The van der Waals surface area contributed by atoms with Crippen LogP contribution in [0.1, 0.15) is 106 Å². The van der Waals surface area contributed by atoms with E-state index >= 15 is 0 Å². The summed E-state index contributed by atoms with van der Waals surface area (Å²) < 4.78 is 6.39. The second-order valence-electron chi connectivity index (χ2n) is 11.1. The van der Waals surface area contributed by atoms with Gasteiger partial charge in [0.1, 0.15) is 0 Å². The van der Waals surface area contributed by atoms with Gasteiger partial charge in [0, 0.05) is 54.2 Å². The zero-order chi connectivity index (χ0) is 28.4. The zero-order valence-electron chi connectivity index (χ0n) is 25.1. The number of unbranched alkanes of at least 4 members (excludes halogenated alkanes) is 4. The van der Waals surface area contributed by atoms with Crippen LogP contribution in [0.4, 0.5) is 11.4 Å². The van der Waals surface area contributed by atoms with E-state index in [1.54, 1.807) is 0 Å². The molecule has 4 heteroatoms. The Bertz CT molecular complexity index is 1120. The highest BCUT2D eigenvalue weighted by atomic mass is 16.6. The molecule has 0 fully saturated rings. The van der Waals surface area contributed by atoms with Crippen LogP contribution in [0.2, 0.25) is 0 Å². The number of hydrogen-bond acceptors (Lipinski definition) is 4. The molecule has 1 heterocycles. The maximum atomic E-state index is 13.2. The first-order chi connectivity index (χ1) is 19.6. The predicted octanol–water partition coefficient (Wildman–Crippen LogP) is 8.96. The van der Waals surface area contributed by atoms with E-state index in [1.807, 2.05) is 24.3 Å². The molecule has 0 atom stereocenters. The summed E-state index contributed by atoms with van der Waals surface area (Å²) >= 11 is 0. The van der Waals surface area contributed by atoms with Gasteiger partial charge >= 0.3 is 5.97 Å². The first-order valence-electron chi connectivity index (χ1n) is 15.6. The van der Waals surface area contributed by atoms with Crippen LogP contribution in [0.3, 0.4) is 0 Å². The number of carbonyl (C=O) groups excluding carboxylic acids is 1. The summed E-state index contributed by atoms with van der Waals surface area (Å²) in [7, 11) is 0. The van der Waals surface area contributed by atoms with Crippen LogP contribution in [0.25, 0.3) is 0 Å². The lowest BCUT2D eigenvalue weighted by Crippen LogP contribution is -2.30. The summed E-state index contributed by atoms with van der Waals surface area (Å²) in [6.45, 7) is 13.2. The summed E-state index contributed by atoms with van der Waals surface area (Å²) in [6.07, 6.45) is 9.45. The summed E-state index contributed by atoms with van der Waals surface area (Å²) in [6, 6.07) is 25.4. The summed E-state index contributed by atoms with van der Waals surface area (Å²) in [5.74, 6) is -0.260. The van der Waals surface area contributed by atoms with Crippen LogP contribution in [0.15, 0.2) is 72.8 Å². The Labute approximate surface area is 242 Å². The maximum absolute atomic E-state index is 13.2. The van der Waals surface area contributed by atoms with Crippen LogP contribution < -0.4 is 9.80 Å². The molecule has 0 radical (unpaired) electrons. The van der Waals surface area contributed by atoms with Crippen molar-refractivity contribution in [3.63, 3.8) is 0 Å². The number of esters is 1. The van der Waals surface area contributed by atoms with Gasteiger partial charge in [0.15, 0.2) is 5.60 Å². The number of hydrogen-bond donors (Lipinski definition) is 0. The quantitative estimate of drug-likeness (QED) is 0.170. The van der Waals surface area contributed by atoms with E-state index in [4.69, 9.17) is 4.74 Å². The molecule has 40 heavy (non-hydrogen) atoms. The molecule has 3 aromatic carbocycles. The van der Waals surface area contributed by atoms with Gasteiger partial charge in [0.2, 0.25) is 0 Å². The molecule has 3 aromatic rings. The third-order valence-corrected chi connectivity index (χ3v) is 8.18. The zero-order valence-corrected chi connectivity index (χ0v) is 25.1. The number of carbonyl (C=O) groups is 1. The van der Waals surface area contributed by atoms with Crippen LogP contribution in [-0.4, -0.2) is 32.1 Å². The molecule has 0 spiro atoms. The van der Waals surface area contributed by atoms with Gasteiger partial charge in [-0.1, -0.05) is 95.8 Å². The molecule has 4 nitrogen and oxygen atoms in total. The Morgan fingerprint density at radius 2 is 0.975 bits per heavy atom. The second-order valence-corrected chi connectivity index (χ2v) is 11.1. The number of nitrogens with zero attached hydrogens (tertiary/aromatic N) is 2. The highest BCUT2D eigenvalue weighted by Crippen LogP contribution is 2.47. The monoisotopic (exact) mass is 540 g/mol. The minimum atomic E-state index is -0.958. The first-order valence-corrected chi connectivity index (χ1v) is 15.6. The average molecular weight is 541 g/mol. The highest BCUT2D eigenvalue weighted by molar-refractivity contribution is 5.96. The number of anilines is 2. The lowest BCUT2D eigenvalue weighted by molar-refractivity contribution is 0.0251. The molecule has 0 saturated heterocycles. The minimum absolute atomic E-state index is 0.260. The number of fused-ring (bicyclic) bond motifs is 1. The maximum Gasteiger partial charge on any atom is 0.340 e. The van der Waals surface area contributed by atoms with E-state index in [-0.39, 0.29) is 5.97 Å². The van der Waals surface area contributed by atoms with E-state index < -0.39 is 5.60 Å². The van der Waals surface area contributed by atoms with Crippen molar-refractivity contribution < 1.29 is 9.53 Å². The molecule has 1 aliphatic heterocycles. The molecule has 214 valence electrons. The average Bonchev–Trinajstić information content (AvgIpc) is 3.31. The number of benzene rings is 3. The third kappa shape index (κ3) is 6.37. The predicted molar refractivity (Wildman–Crippen MR) is 169 cm³/mol. The van der Waals surface area contributed by atoms with Crippen LogP contribution in [0, 0.1) is 0 Å². The van der Waals surface area contributed by atoms with Crippen molar-refractivity contribution in [3.05, 3.63) is 95.1 Å². The molecule has 0 saturated carbocycles. The van der Waals surface area contributed by atoms with Gasteiger partial charge in [-0.3, -0.25) is 0 Å². The molecule has 0 unspecified atom stereocenters. The number of cyclic esters (lactones) is 1. The fourth-order valence-corrected chi connectivity index (χ4v) is 5.76. The molecule has 1 aliphatic rings. The van der Waals surface area contributed by atoms with Crippen molar-refractivity contribution in [2.24, 2.45) is 0 Å². The van der Waals surface area contributed by atoms with Gasteiger partial charge in [0.25, 0.3) is 0 Å². The third-order valence-electron chi connectivity index (χ3n) is 8.18. The normalized spacial score (nSPS) is 13.7. The van der Waals surface area contributed by atoms with Gasteiger partial charge in [-0.25, -0.2) is 4.79 Å². The minimum Gasteiger partial charge on any atom is -0.441 e. The highest BCUT2D eigenvalue weighted by Gasteiger charge is 2.48. The van der Waals surface area contributed by atoms with Gasteiger partial charge in [-0.15, -0.1) is 0 Å². The summed E-state index contributed by atoms with van der Waals surface area (Å²) in [4.78, 5) is 18.2. The van der Waals surface area contributed by atoms with Gasteiger partial charge < -0.3 is 14.5 Å². The van der Waals surface area contributed by atoms with Crippen LogP contribution >= 0.6 is 0 Å². The van der Waals surface area contributed by atoms with Gasteiger partial charge in [-0.05, 0) is 56.0 Å². The SMILES string of the molecule is CCCCN(CCCC)c1ccc(C2(c3ccc(N(CCCC)CCCC)cc3)OC(=O)c3ccccc32)cc1. The molecule has 0 aliphatic carbocycles. The van der Waals surface area contributed by atoms with Crippen molar-refractivity contribution in [2.45, 2.75) is 84.7 Å². The second kappa shape index (κ2) is 14.4. The molecule has 0 N–H and O–H groups in total. The van der Waals surface area contributed by atoms with Crippen molar-refractivity contribution >= 4 is 17.3 Å². The molecular weight excluding hydrogens is 492 g/mol. The van der Waals surface area contributed by atoms with E-state index in [9.17, 15) is 4.79 Å². The van der Waals surface area contributed by atoms with Crippen molar-refractivity contribution in [2.75, 3.05) is 36.0 Å². The number of rotatable bonds is 16. The topological polar surface area (TPSA) is 32.8 Å². The Morgan fingerprint density at radius 3 is 1.38 bits per heavy atom. The Morgan fingerprint density at radius 1 is 0.575 bits per heavy atom. The van der Waals surface area contributed by atoms with Gasteiger partial charge in [0.05, 0.1) is 5.56 Å². The smallest absolute Gasteiger partial charge is 0.340 e. The van der Waals surface area contributed by atoms with E-state index in [1.165, 1.54) is 62.7 Å². The van der Waals surface area contributed by atoms with E-state index in [0.717, 1.165) is 42.9 Å². The largest absolute Gasteiger partial charge is 0.441 e. The molecule has 4 rings (SSSR count). The fraction of sp³-hybridized carbons (Fsp3) is 0.472. The number of ether oxygens (including phenoxy) is 1. The fourth-order valence-electron chi connectivity index (χ4n) is 5.76. The van der Waals surface area contributed by atoms with Crippen molar-refractivity contribution in [1.82, 2.24) is 0 Å². The van der Waals surface area contributed by atoms with E-state index in [2.05, 4.69) is 86.0 Å². The van der Waals surface area contributed by atoms with Crippen molar-refractivity contribution in [1.29, 1.82) is 0 Å². The summed E-state index contributed by atoms with van der Waals surface area (Å²) in [5.41, 5.74) is 5.05. The molecular formula is C36H48N2O2. The lowest BCUT2D eigenvalue weighted by Gasteiger charge is -2.32.